The molecule has 2 aliphatic rings. The van der Waals surface area contributed by atoms with Crippen molar-refractivity contribution in [2.75, 3.05) is 0 Å². The quantitative estimate of drug-likeness (QED) is 0.710. The molecule has 2 heteroatoms. The van der Waals surface area contributed by atoms with Crippen LogP contribution in [0.2, 0.25) is 0 Å². The summed E-state index contributed by atoms with van der Waals surface area (Å²) in [5, 5.41) is 0.785. The van der Waals surface area contributed by atoms with Crippen LogP contribution in [0.3, 0.4) is 0 Å². The topological polar surface area (TPSA) is 17.1 Å². The average Bonchev–Trinajstić information content (AvgIpc) is 3.03. The Bertz CT molecular complexity index is 366. The van der Waals surface area contributed by atoms with Gasteiger partial charge in [-0.25, -0.2) is 0 Å². The van der Waals surface area contributed by atoms with Crippen molar-refractivity contribution < 1.29 is 4.79 Å². The largest absolute Gasteiger partial charge is 0.288 e. The molecule has 6 atom stereocenters. The fourth-order valence-electron chi connectivity index (χ4n) is 5.66. The fraction of sp³-hybridized carbons (Fsp3) is 0.941. The Hall–Kier alpha value is 0.0200. The van der Waals surface area contributed by atoms with Crippen LogP contribution in [-0.4, -0.2) is 10.4 Å². The van der Waals surface area contributed by atoms with Gasteiger partial charge >= 0.3 is 0 Å². The summed E-state index contributed by atoms with van der Waals surface area (Å²) in [4.78, 5) is 11.4. The molecule has 2 rings (SSSR count). The van der Waals surface area contributed by atoms with E-state index in [0.29, 0.717) is 16.1 Å². The lowest BCUT2D eigenvalue weighted by atomic mass is 9.58. The first-order chi connectivity index (χ1) is 8.85. The van der Waals surface area contributed by atoms with Crippen LogP contribution >= 0.6 is 11.8 Å². The zero-order chi connectivity index (χ0) is 14.4. The summed E-state index contributed by atoms with van der Waals surface area (Å²) in [6, 6.07) is 0. The first kappa shape index (κ1) is 15.4. The molecule has 2 aliphatic carbocycles. The van der Waals surface area contributed by atoms with E-state index >= 15 is 0 Å². The minimum Gasteiger partial charge on any atom is -0.288 e. The van der Waals surface area contributed by atoms with E-state index in [4.69, 9.17) is 0 Å². The third-order valence-corrected chi connectivity index (χ3v) is 7.82. The Morgan fingerprint density at radius 3 is 2.42 bits per heavy atom. The van der Waals surface area contributed by atoms with E-state index in [-0.39, 0.29) is 5.12 Å². The molecule has 0 spiro atoms. The van der Waals surface area contributed by atoms with Crippen molar-refractivity contribution in [1.29, 1.82) is 0 Å². The van der Waals surface area contributed by atoms with Gasteiger partial charge in [-0.2, -0.15) is 0 Å². The second kappa shape index (κ2) is 5.09. The minimum absolute atomic E-state index is 0.286. The Balaban J connectivity index is 2.28. The van der Waals surface area contributed by atoms with Gasteiger partial charge in [0.1, 0.15) is 0 Å². The number of hydrogen-bond acceptors (Lipinski definition) is 2. The van der Waals surface area contributed by atoms with E-state index in [0.717, 1.165) is 17.8 Å². The summed E-state index contributed by atoms with van der Waals surface area (Å²) in [5.74, 6) is 2.47. The molecule has 0 heterocycles. The molecule has 2 saturated carbocycles. The molecule has 110 valence electrons. The van der Waals surface area contributed by atoms with Gasteiger partial charge in [0, 0.05) is 12.2 Å². The molecule has 0 aliphatic heterocycles. The van der Waals surface area contributed by atoms with Gasteiger partial charge in [-0.05, 0) is 54.3 Å². The Kier molecular flexibility index (Phi) is 4.13. The third-order valence-electron chi connectivity index (χ3n) is 6.82. The van der Waals surface area contributed by atoms with Gasteiger partial charge in [0.15, 0.2) is 5.12 Å². The van der Waals surface area contributed by atoms with Crippen LogP contribution in [0.25, 0.3) is 0 Å². The average molecular weight is 282 g/mol. The number of thioether (sulfide) groups is 1. The van der Waals surface area contributed by atoms with E-state index in [1.54, 1.807) is 18.7 Å². The van der Waals surface area contributed by atoms with Crippen LogP contribution in [0.5, 0.6) is 0 Å². The van der Waals surface area contributed by atoms with Gasteiger partial charge in [-0.3, -0.25) is 4.79 Å². The SMILES string of the molecule is CCC1(C)C(C)CCC2C(C(C)SC(C)=O)C21CC. The standard InChI is InChI=1S/C17H30OS/c1-7-16(6)11(3)9-10-14-15(17(14,16)8-2)12(4)19-13(5)18/h11-12,14-15H,7-10H2,1-6H3. The predicted octanol–water partition coefficient (Wildman–Crippen LogP) is 5.14. The molecule has 0 radical (unpaired) electrons. The highest BCUT2D eigenvalue weighted by Gasteiger charge is 2.73. The predicted molar refractivity (Wildman–Crippen MR) is 84.2 cm³/mol. The van der Waals surface area contributed by atoms with Crippen molar-refractivity contribution in [2.45, 2.75) is 72.5 Å². The van der Waals surface area contributed by atoms with E-state index in [9.17, 15) is 4.79 Å². The highest BCUT2D eigenvalue weighted by molar-refractivity contribution is 8.14. The van der Waals surface area contributed by atoms with Gasteiger partial charge < -0.3 is 0 Å². The number of fused-ring (bicyclic) bond motifs is 1. The Morgan fingerprint density at radius 2 is 1.95 bits per heavy atom. The maximum absolute atomic E-state index is 11.4. The molecule has 0 aromatic carbocycles. The van der Waals surface area contributed by atoms with Crippen molar-refractivity contribution in [2.24, 2.45) is 28.6 Å². The Labute approximate surface area is 123 Å². The molecule has 0 aromatic heterocycles. The van der Waals surface area contributed by atoms with Crippen LogP contribution in [-0.2, 0) is 4.79 Å². The van der Waals surface area contributed by atoms with Gasteiger partial charge in [-0.15, -0.1) is 0 Å². The van der Waals surface area contributed by atoms with Crippen LogP contribution in [0, 0.1) is 28.6 Å². The molecule has 0 aromatic rings. The van der Waals surface area contributed by atoms with E-state index in [1.807, 2.05) is 0 Å². The molecule has 0 amide bonds. The lowest BCUT2D eigenvalue weighted by Crippen LogP contribution is -2.40. The van der Waals surface area contributed by atoms with E-state index in [2.05, 4.69) is 34.6 Å². The molecule has 6 unspecified atom stereocenters. The summed E-state index contributed by atoms with van der Waals surface area (Å²) >= 11 is 1.58. The zero-order valence-corrected chi connectivity index (χ0v) is 14.3. The summed E-state index contributed by atoms with van der Waals surface area (Å²) in [6.07, 6.45) is 5.34. The maximum atomic E-state index is 11.4. The van der Waals surface area contributed by atoms with Crippen LogP contribution in [0.1, 0.15) is 67.2 Å². The summed E-state index contributed by atoms with van der Waals surface area (Å²) in [6.45, 7) is 13.7. The van der Waals surface area contributed by atoms with Gasteiger partial charge in [0.2, 0.25) is 0 Å². The first-order valence-electron chi connectivity index (χ1n) is 8.02. The lowest BCUT2D eigenvalue weighted by Gasteiger charge is -2.47. The highest BCUT2D eigenvalue weighted by Crippen LogP contribution is 2.78. The van der Waals surface area contributed by atoms with Crippen molar-refractivity contribution in [3.05, 3.63) is 0 Å². The van der Waals surface area contributed by atoms with Crippen molar-refractivity contribution in [1.82, 2.24) is 0 Å². The van der Waals surface area contributed by atoms with Gasteiger partial charge in [0.25, 0.3) is 0 Å². The van der Waals surface area contributed by atoms with Crippen molar-refractivity contribution >= 4 is 16.9 Å². The molecule has 1 nitrogen and oxygen atoms in total. The van der Waals surface area contributed by atoms with Gasteiger partial charge in [0.05, 0.1) is 0 Å². The fourth-order valence-corrected chi connectivity index (χ4v) is 6.76. The number of rotatable bonds is 4. The molecule has 0 saturated heterocycles. The van der Waals surface area contributed by atoms with Crippen LogP contribution in [0.15, 0.2) is 0 Å². The Morgan fingerprint density at radius 1 is 1.32 bits per heavy atom. The van der Waals surface area contributed by atoms with Gasteiger partial charge in [-0.1, -0.05) is 46.4 Å². The first-order valence-corrected chi connectivity index (χ1v) is 8.90. The number of carbonyl (C=O) groups is 1. The van der Waals surface area contributed by atoms with E-state index < -0.39 is 0 Å². The van der Waals surface area contributed by atoms with E-state index in [1.165, 1.54) is 25.7 Å². The number of hydrogen-bond donors (Lipinski definition) is 0. The summed E-state index contributed by atoms with van der Waals surface area (Å²) in [5.41, 5.74) is 0.988. The number of carbonyl (C=O) groups excluding carboxylic acids is 1. The molecule has 2 fully saturated rings. The summed E-state index contributed by atoms with van der Waals surface area (Å²) in [7, 11) is 0. The van der Waals surface area contributed by atoms with Crippen LogP contribution < -0.4 is 0 Å². The second-order valence-electron chi connectivity index (χ2n) is 7.09. The molecule has 0 N–H and O–H groups in total. The molecular weight excluding hydrogens is 252 g/mol. The normalized spacial score (nSPS) is 46.5. The third kappa shape index (κ3) is 2.01. The second-order valence-corrected chi connectivity index (χ2v) is 8.64. The lowest BCUT2D eigenvalue weighted by molar-refractivity contribution is -0.109. The molecule has 0 bridgehead atoms. The minimum atomic E-state index is 0.286. The molecular formula is C17H30OS. The molecule has 19 heavy (non-hydrogen) atoms. The smallest absolute Gasteiger partial charge is 0.186 e. The van der Waals surface area contributed by atoms with Crippen molar-refractivity contribution in [3.63, 3.8) is 0 Å². The van der Waals surface area contributed by atoms with Crippen molar-refractivity contribution in [3.8, 4) is 0 Å². The van der Waals surface area contributed by atoms with Crippen LogP contribution in [0.4, 0.5) is 0 Å². The monoisotopic (exact) mass is 282 g/mol. The summed E-state index contributed by atoms with van der Waals surface area (Å²) < 4.78 is 0. The zero-order valence-electron chi connectivity index (χ0n) is 13.5. The highest BCUT2D eigenvalue weighted by atomic mass is 32.2. The maximum Gasteiger partial charge on any atom is 0.186 e.